The zero-order valence-corrected chi connectivity index (χ0v) is 21.6. The summed E-state index contributed by atoms with van der Waals surface area (Å²) >= 11 is 1.64. The van der Waals surface area contributed by atoms with E-state index in [0.717, 1.165) is 39.6 Å². The van der Waals surface area contributed by atoms with Crippen molar-refractivity contribution in [3.8, 4) is 11.4 Å². The van der Waals surface area contributed by atoms with Crippen molar-refractivity contribution in [1.82, 2.24) is 19.6 Å². The van der Waals surface area contributed by atoms with Crippen molar-refractivity contribution in [2.45, 2.75) is 13.0 Å². The summed E-state index contributed by atoms with van der Waals surface area (Å²) in [7, 11) is -0.0814. The second-order valence-electron chi connectivity index (χ2n) is 8.48. The molecule has 0 spiro atoms. The highest BCUT2D eigenvalue weighted by atomic mass is 32.2. The van der Waals surface area contributed by atoms with E-state index in [-0.39, 0.29) is 5.75 Å². The number of rotatable bonds is 10. The molecule has 4 rings (SSSR count). The van der Waals surface area contributed by atoms with E-state index >= 15 is 0 Å². The van der Waals surface area contributed by atoms with Crippen molar-refractivity contribution in [1.29, 1.82) is 5.41 Å². The van der Waals surface area contributed by atoms with Crippen molar-refractivity contribution in [3.05, 3.63) is 34.7 Å². The molecular weight excluding hydrogens is 486 g/mol. The van der Waals surface area contributed by atoms with E-state index in [1.807, 2.05) is 12.1 Å². The topological polar surface area (TPSA) is 138 Å². The second-order valence-corrected chi connectivity index (χ2v) is 11.9. The van der Waals surface area contributed by atoms with Gasteiger partial charge in [0.2, 0.25) is 10.0 Å². The van der Waals surface area contributed by atoms with Crippen LogP contribution < -0.4 is 16.0 Å². The number of sulfonamides is 1. The number of nitrogens with zero attached hydrogens (tertiary/aromatic N) is 4. The van der Waals surface area contributed by atoms with Gasteiger partial charge in [0.1, 0.15) is 0 Å². The molecule has 3 heterocycles. The van der Waals surface area contributed by atoms with E-state index in [2.05, 4.69) is 16.3 Å². The highest BCUT2D eigenvalue weighted by Gasteiger charge is 2.21. The van der Waals surface area contributed by atoms with Gasteiger partial charge in [0, 0.05) is 61.6 Å². The number of nitrogen functional groups attached to an aromatic ring is 1. The van der Waals surface area contributed by atoms with Gasteiger partial charge in [0.25, 0.3) is 0 Å². The third kappa shape index (κ3) is 5.78. The van der Waals surface area contributed by atoms with Crippen molar-refractivity contribution in [2.24, 2.45) is 0 Å². The fourth-order valence-electron chi connectivity index (χ4n) is 3.87. The minimum Gasteiger partial charge on any atom is -0.398 e. The molecule has 1 aliphatic heterocycles. The molecule has 1 saturated heterocycles. The van der Waals surface area contributed by atoms with E-state index in [1.165, 1.54) is 10.5 Å². The lowest BCUT2D eigenvalue weighted by Gasteiger charge is -2.28. The third-order valence-corrected chi connectivity index (χ3v) is 8.89. The minimum atomic E-state index is -3.18. The Morgan fingerprint density at radius 1 is 1.29 bits per heavy atom. The number of benzene rings is 1. The van der Waals surface area contributed by atoms with Crippen molar-refractivity contribution >= 4 is 49.3 Å². The molecule has 0 saturated carbocycles. The van der Waals surface area contributed by atoms with Crippen LogP contribution in [0.2, 0.25) is 0 Å². The Kier molecular flexibility index (Phi) is 7.97. The Balaban J connectivity index is 1.60. The number of anilines is 2. The van der Waals surface area contributed by atoms with Crippen molar-refractivity contribution in [2.75, 3.05) is 63.3 Å². The zero-order valence-electron chi connectivity index (χ0n) is 20.0. The fraction of sp³-hybridized carbons (Fsp3) is 0.435. The lowest BCUT2D eigenvalue weighted by Crippen LogP contribution is -2.36. The Morgan fingerprint density at radius 2 is 2.06 bits per heavy atom. The number of nitrogens with two attached hydrogens (primary N) is 1. The first-order chi connectivity index (χ1) is 16.8. The summed E-state index contributed by atoms with van der Waals surface area (Å²) < 4.78 is 31.7. The number of aromatic nitrogens is 2. The lowest BCUT2D eigenvalue weighted by molar-refractivity contribution is 0.122. The van der Waals surface area contributed by atoms with Crippen LogP contribution in [0.15, 0.2) is 24.3 Å². The van der Waals surface area contributed by atoms with Gasteiger partial charge < -0.3 is 26.1 Å². The minimum absolute atomic E-state index is 0.116. The lowest BCUT2D eigenvalue weighted by atomic mass is 10.1. The van der Waals surface area contributed by atoms with Crippen LogP contribution in [0.3, 0.4) is 0 Å². The van der Waals surface area contributed by atoms with E-state index in [0.29, 0.717) is 49.8 Å². The smallest absolute Gasteiger partial charge is 0.213 e. The maximum Gasteiger partial charge on any atom is 0.213 e. The number of morpholine rings is 1. The number of hydrogen-bond donors (Lipinski definition) is 3. The van der Waals surface area contributed by atoms with Crippen LogP contribution in [0.1, 0.15) is 16.9 Å². The standard InChI is InChI=1S/C23H31N7O3S2/c1-29(2)35(31,32)12-4-7-26-15-16-13-20-21(34-16)23(30-8-10-33-11-9-30)28-22(27-20)17-5-3-6-19(25)18(17)14-24/h3,5-6,13-14,24,26H,4,7-12,15,25H2,1-2H3. The SMILES string of the molecule is CN(C)S(=O)(=O)CCCNCc1cc2nc(-c3cccc(N)c3C=N)nc(N3CCOCC3)c2s1. The Hall–Kier alpha value is -2.64. The van der Waals surface area contributed by atoms with Crippen LogP contribution in [0.4, 0.5) is 11.5 Å². The average Bonchev–Trinajstić information content (AvgIpc) is 3.26. The molecule has 2 aromatic heterocycles. The van der Waals surface area contributed by atoms with Crippen LogP contribution in [-0.4, -0.2) is 81.6 Å². The molecule has 0 radical (unpaired) electrons. The van der Waals surface area contributed by atoms with Gasteiger partial charge in [-0.05, 0) is 25.1 Å². The number of fused-ring (bicyclic) bond motifs is 1. The number of hydrogen-bond acceptors (Lipinski definition) is 10. The van der Waals surface area contributed by atoms with E-state index in [4.69, 9.17) is 25.8 Å². The molecule has 1 fully saturated rings. The quantitative estimate of drug-likeness (QED) is 0.211. The van der Waals surface area contributed by atoms with Crippen LogP contribution in [0.5, 0.6) is 0 Å². The molecule has 35 heavy (non-hydrogen) atoms. The zero-order chi connectivity index (χ0) is 25.0. The summed E-state index contributed by atoms with van der Waals surface area (Å²) in [6.45, 7) is 3.98. The molecule has 0 amide bonds. The maximum atomic E-state index is 11.9. The Morgan fingerprint density at radius 3 is 2.77 bits per heavy atom. The van der Waals surface area contributed by atoms with Gasteiger partial charge in [-0.2, -0.15) is 0 Å². The van der Waals surface area contributed by atoms with Gasteiger partial charge in [0.05, 0.1) is 29.2 Å². The molecule has 10 nitrogen and oxygen atoms in total. The molecule has 3 aromatic rings. The van der Waals surface area contributed by atoms with E-state index in [1.54, 1.807) is 31.5 Å². The summed E-state index contributed by atoms with van der Waals surface area (Å²) in [6.07, 6.45) is 1.78. The van der Waals surface area contributed by atoms with Crippen molar-refractivity contribution < 1.29 is 13.2 Å². The van der Waals surface area contributed by atoms with Gasteiger partial charge in [-0.25, -0.2) is 22.7 Å². The summed E-state index contributed by atoms with van der Waals surface area (Å²) in [6, 6.07) is 7.55. The summed E-state index contributed by atoms with van der Waals surface area (Å²) in [5.74, 6) is 1.52. The molecule has 0 unspecified atom stereocenters. The largest absolute Gasteiger partial charge is 0.398 e. The van der Waals surface area contributed by atoms with Gasteiger partial charge in [-0.1, -0.05) is 12.1 Å². The molecule has 188 valence electrons. The van der Waals surface area contributed by atoms with Crippen molar-refractivity contribution in [3.63, 3.8) is 0 Å². The van der Waals surface area contributed by atoms with Crippen LogP contribution in [0, 0.1) is 5.41 Å². The molecule has 4 N–H and O–H groups in total. The molecule has 1 aliphatic rings. The Bertz CT molecular complexity index is 1300. The van der Waals surface area contributed by atoms with Gasteiger partial charge in [-0.15, -0.1) is 11.3 Å². The Labute approximate surface area is 209 Å². The van der Waals surface area contributed by atoms with E-state index in [9.17, 15) is 8.42 Å². The first kappa shape index (κ1) is 25.5. The number of thiophene rings is 1. The molecule has 12 heteroatoms. The molecule has 0 bridgehead atoms. The summed E-state index contributed by atoms with van der Waals surface area (Å²) in [4.78, 5) is 13.1. The first-order valence-electron chi connectivity index (χ1n) is 11.4. The fourth-order valence-corrected chi connectivity index (χ4v) is 5.83. The van der Waals surface area contributed by atoms with Crippen LogP contribution >= 0.6 is 11.3 Å². The maximum absolute atomic E-state index is 11.9. The van der Waals surface area contributed by atoms with E-state index < -0.39 is 10.0 Å². The first-order valence-corrected chi connectivity index (χ1v) is 13.9. The monoisotopic (exact) mass is 517 g/mol. The summed E-state index contributed by atoms with van der Waals surface area (Å²) in [5.41, 5.74) is 8.79. The predicted octanol–water partition coefficient (Wildman–Crippen LogP) is 2.15. The van der Waals surface area contributed by atoms with Crippen LogP contribution in [-0.2, 0) is 21.3 Å². The van der Waals surface area contributed by atoms with Gasteiger partial charge in [-0.3, -0.25) is 0 Å². The number of nitrogens with one attached hydrogen (secondary N) is 2. The molecule has 0 atom stereocenters. The summed E-state index contributed by atoms with van der Waals surface area (Å²) in [5, 5.41) is 11.2. The van der Waals surface area contributed by atoms with Gasteiger partial charge >= 0.3 is 0 Å². The normalized spacial score (nSPS) is 14.7. The highest BCUT2D eigenvalue weighted by molar-refractivity contribution is 7.89. The molecular formula is C23H31N7O3S2. The highest BCUT2D eigenvalue weighted by Crippen LogP contribution is 2.35. The second kappa shape index (κ2) is 11.0. The van der Waals surface area contributed by atoms with Crippen LogP contribution in [0.25, 0.3) is 21.6 Å². The third-order valence-electron chi connectivity index (χ3n) is 5.85. The molecule has 0 aliphatic carbocycles. The van der Waals surface area contributed by atoms with Gasteiger partial charge in [0.15, 0.2) is 11.6 Å². The number of ether oxygens (including phenoxy) is 1. The average molecular weight is 518 g/mol. The molecule has 1 aromatic carbocycles. The predicted molar refractivity (Wildman–Crippen MR) is 142 cm³/mol.